The van der Waals surface area contributed by atoms with Gasteiger partial charge in [0.1, 0.15) is 11.7 Å². The number of amides is 2. The van der Waals surface area contributed by atoms with Crippen LogP contribution in [0.2, 0.25) is 0 Å². The number of hydrogen-bond donors (Lipinski definition) is 3. The van der Waals surface area contributed by atoms with Crippen LogP contribution in [0, 0.1) is 0 Å². The first-order valence-corrected chi connectivity index (χ1v) is 8.75. The summed E-state index contributed by atoms with van der Waals surface area (Å²) in [5.41, 5.74) is 3.73. The Kier molecular flexibility index (Phi) is 4.26. The van der Waals surface area contributed by atoms with Gasteiger partial charge in [0.2, 0.25) is 5.91 Å². The lowest BCUT2D eigenvalue weighted by atomic mass is 9.99. The molecule has 0 spiro atoms. The number of pyridine rings is 1. The van der Waals surface area contributed by atoms with Gasteiger partial charge in [0, 0.05) is 40.1 Å². The van der Waals surface area contributed by atoms with Crippen molar-refractivity contribution in [2.24, 2.45) is 0 Å². The molecular formula is C18H14BrN5O2. The monoisotopic (exact) mass is 411 g/mol. The number of H-pyrrole nitrogens is 1. The smallest absolute Gasteiger partial charge is 0.270 e. The standard InChI is InChI=1S/C18H14BrN5O2/c19-13-3-1-10-5-16(18(26)23-15(10)6-13)24-17(25)14-4-2-11(7-20-14)12-8-21-22-9-12/h1-4,6-9,16H,5H2,(H,21,22)(H,23,26)(H,24,25). The Bertz CT molecular complexity index is 970. The molecule has 4 rings (SSSR count). The van der Waals surface area contributed by atoms with E-state index >= 15 is 0 Å². The van der Waals surface area contributed by atoms with Crippen LogP contribution in [-0.4, -0.2) is 33.0 Å². The second kappa shape index (κ2) is 6.72. The van der Waals surface area contributed by atoms with Crippen LogP contribution in [-0.2, 0) is 11.2 Å². The van der Waals surface area contributed by atoms with Crippen molar-refractivity contribution in [3.05, 3.63) is 64.7 Å². The van der Waals surface area contributed by atoms with Gasteiger partial charge in [-0.3, -0.25) is 19.7 Å². The van der Waals surface area contributed by atoms with Crippen LogP contribution in [0.4, 0.5) is 5.69 Å². The Morgan fingerprint density at radius 2 is 2.08 bits per heavy atom. The third-order valence-electron chi connectivity index (χ3n) is 4.20. The average molecular weight is 412 g/mol. The maximum Gasteiger partial charge on any atom is 0.270 e. The Balaban J connectivity index is 1.48. The molecule has 0 saturated carbocycles. The van der Waals surface area contributed by atoms with Gasteiger partial charge < -0.3 is 10.6 Å². The Hall–Kier alpha value is -3.00. The molecule has 0 saturated heterocycles. The molecule has 3 aromatic rings. The highest BCUT2D eigenvalue weighted by Gasteiger charge is 2.28. The fourth-order valence-corrected chi connectivity index (χ4v) is 3.19. The quantitative estimate of drug-likeness (QED) is 0.616. The molecule has 0 bridgehead atoms. The van der Waals surface area contributed by atoms with Gasteiger partial charge >= 0.3 is 0 Å². The van der Waals surface area contributed by atoms with Crippen molar-refractivity contribution < 1.29 is 9.59 Å². The van der Waals surface area contributed by atoms with Gasteiger partial charge in [0.05, 0.1) is 6.20 Å². The minimum atomic E-state index is -0.633. The number of benzene rings is 1. The zero-order valence-electron chi connectivity index (χ0n) is 13.5. The van der Waals surface area contributed by atoms with Crippen molar-refractivity contribution in [3.8, 4) is 11.1 Å². The van der Waals surface area contributed by atoms with Crippen LogP contribution in [0.5, 0.6) is 0 Å². The predicted molar refractivity (Wildman–Crippen MR) is 99.5 cm³/mol. The van der Waals surface area contributed by atoms with Gasteiger partial charge in [0.15, 0.2) is 0 Å². The van der Waals surface area contributed by atoms with E-state index in [4.69, 9.17) is 0 Å². The Labute approximate surface area is 157 Å². The minimum absolute atomic E-state index is 0.237. The second-order valence-corrected chi connectivity index (χ2v) is 6.86. The number of nitrogens with zero attached hydrogens (tertiary/aromatic N) is 2. The van der Waals surface area contributed by atoms with E-state index in [2.05, 4.69) is 41.7 Å². The third-order valence-corrected chi connectivity index (χ3v) is 4.70. The van der Waals surface area contributed by atoms with Crippen LogP contribution < -0.4 is 10.6 Å². The normalized spacial score (nSPS) is 15.9. The minimum Gasteiger partial charge on any atom is -0.339 e. The summed E-state index contributed by atoms with van der Waals surface area (Å²) in [6.07, 6.45) is 5.47. The number of nitrogens with one attached hydrogen (secondary N) is 3. The second-order valence-electron chi connectivity index (χ2n) is 5.94. The highest BCUT2D eigenvalue weighted by Crippen LogP contribution is 2.26. The first kappa shape index (κ1) is 16.5. The van der Waals surface area contributed by atoms with Gasteiger partial charge in [0.25, 0.3) is 5.91 Å². The van der Waals surface area contributed by atoms with Crippen LogP contribution in [0.1, 0.15) is 16.1 Å². The fourth-order valence-electron chi connectivity index (χ4n) is 2.83. The van der Waals surface area contributed by atoms with E-state index in [1.807, 2.05) is 18.2 Å². The molecular weight excluding hydrogens is 398 g/mol. The van der Waals surface area contributed by atoms with E-state index in [1.165, 1.54) is 0 Å². The molecule has 1 unspecified atom stereocenters. The van der Waals surface area contributed by atoms with Crippen LogP contribution in [0.3, 0.4) is 0 Å². The highest BCUT2D eigenvalue weighted by atomic mass is 79.9. The molecule has 2 amide bonds. The molecule has 3 N–H and O–H groups in total. The number of rotatable bonds is 3. The van der Waals surface area contributed by atoms with Crippen molar-refractivity contribution in [3.63, 3.8) is 0 Å². The summed E-state index contributed by atoms with van der Waals surface area (Å²) in [4.78, 5) is 28.9. The summed E-state index contributed by atoms with van der Waals surface area (Å²) < 4.78 is 0.890. The van der Waals surface area contributed by atoms with E-state index in [9.17, 15) is 9.59 Å². The van der Waals surface area contributed by atoms with E-state index in [-0.39, 0.29) is 17.5 Å². The average Bonchev–Trinajstić information content (AvgIpc) is 3.17. The Morgan fingerprint density at radius 3 is 2.81 bits per heavy atom. The van der Waals surface area contributed by atoms with Crippen molar-refractivity contribution in [1.29, 1.82) is 0 Å². The molecule has 1 aliphatic rings. The number of carbonyl (C=O) groups is 2. The lowest BCUT2D eigenvalue weighted by molar-refractivity contribution is -0.118. The fraction of sp³-hybridized carbons (Fsp3) is 0.111. The number of anilines is 1. The van der Waals surface area contributed by atoms with Crippen molar-refractivity contribution in [2.75, 3.05) is 5.32 Å². The van der Waals surface area contributed by atoms with E-state index in [0.29, 0.717) is 6.42 Å². The van der Waals surface area contributed by atoms with Crippen LogP contribution >= 0.6 is 15.9 Å². The molecule has 1 aromatic carbocycles. The van der Waals surface area contributed by atoms with Crippen molar-refractivity contribution in [1.82, 2.24) is 20.5 Å². The molecule has 0 radical (unpaired) electrons. The summed E-state index contributed by atoms with van der Waals surface area (Å²) >= 11 is 3.38. The number of carbonyl (C=O) groups excluding carboxylic acids is 2. The predicted octanol–water partition coefficient (Wildman–Crippen LogP) is 2.53. The molecule has 130 valence electrons. The summed E-state index contributed by atoms with van der Waals surface area (Å²) in [6.45, 7) is 0. The number of aromatic amines is 1. The largest absolute Gasteiger partial charge is 0.339 e. The topological polar surface area (TPSA) is 99.8 Å². The SMILES string of the molecule is O=C(NC1Cc2ccc(Br)cc2NC1=O)c1ccc(-c2cn[nH]c2)cn1. The summed E-state index contributed by atoms with van der Waals surface area (Å²) in [6, 6.07) is 8.47. The molecule has 7 nitrogen and oxygen atoms in total. The first-order chi connectivity index (χ1) is 12.6. The summed E-state index contributed by atoms with van der Waals surface area (Å²) in [5, 5.41) is 12.2. The number of aromatic nitrogens is 3. The van der Waals surface area contributed by atoms with Gasteiger partial charge in [-0.1, -0.05) is 28.1 Å². The summed E-state index contributed by atoms with van der Waals surface area (Å²) in [7, 11) is 0. The molecule has 3 heterocycles. The molecule has 2 aromatic heterocycles. The van der Waals surface area contributed by atoms with Crippen molar-refractivity contribution >= 4 is 33.4 Å². The zero-order chi connectivity index (χ0) is 18.1. The molecule has 0 fully saturated rings. The molecule has 26 heavy (non-hydrogen) atoms. The van der Waals surface area contributed by atoms with Gasteiger partial charge in [-0.15, -0.1) is 0 Å². The van der Waals surface area contributed by atoms with Crippen molar-refractivity contribution in [2.45, 2.75) is 12.5 Å². The van der Waals surface area contributed by atoms with E-state index in [0.717, 1.165) is 26.9 Å². The zero-order valence-corrected chi connectivity index (χ0v) is 15.1. The maximum atomic E-state index is 12.4. The highest BCUT2D eigenvalue weighted by molar-refractivity contribution is 9.10. The molecule has 8 heteroatoms. The van der Waals surface area contributed by atoms with Crippen LogP contribution in [0.25, 0.3) is 11.1 Å². The number of halogens is 1. The lowest BCUT2D eigenvalue weighted by Gasteiger charge is -2.25. The number of hydrogen-bond acceptors (Lipinski definition) is 4. The summed E-state index contributed by atoms with van der Waals surface area (Å²) in [5.74, 6) is -0.622. The Morgan fingerprint density at radius 1 is 1.19 bits per heavy atom. The van der Waals surface area contributed by atoms with Gasteiger partial charge in [-0.05, 0) is 23.8 Å². The van der Waals surface area contributed by atoms with E-state index < -0.39 is 6.04 Å². The van der Waals surface area contributed by atoms with Gasteiger partial charge in [-0.25, -0.2) is 0 Å². The maximum absolute atomic E-state index is 12.4. The van der Waals surface area contributed by atoms with E-state index in [1.54, 1.807) is 30.7 Å². The molecule has 0 aliphatic carbocycles. The number of fused-ring (bicyclic) bond motifs is 1. The molecule has 1 aliphatic heterocycles. The van der Waals surface area contributed by atoms with Gasteiger partial charge in [-0.2, -0.15) is 5.10 Å². The first-order valence-electron chi connectivity index (χ1n) is 7.95. The van der Waals surface area contributed by atoms with Crippen LogP contribution in [0.15, 0.2) is 53.4 Å². The third kappa shape index (κ3) is 3.23. The lowest BCUT2D eigenvalue weighted by Crippen LogP contribution is -2.47. The molecule has 1 atom stereocenters.